The summed E-state index contributed by atoms with van der Waals surface area (Å²) in [7, 11) is 3.44. The van der Waals surface area contributed by atoms with Crippen molar-refractivity contribution in [3.8, 4) is 11.5 Å². The van der Waals surface area contributed by atoms with Crippen molar-refractivity contribution in [2.45, 2.75) is 32.4 Å². The average molecular weight is 506 g/mol. The molecular weight excluding hydrogens is 471 g/mol. The molecule has 1 aromatic rings. The van der Waals surface area contributed by atoms with Crippen molar-refractivity contribution in [2.75, 3.05) is 53.6 Å². The smallest absolute Gasteiger partial charge is 0.191 e. The molecule has 1 atom stereocenters. The second-order valence-corrected chi connectivity index (χ2v) is 7.32. The zero-order chi connectivity index (χ0) is 19.7. The van der Waals surface area contributed by atoms with Crippen molar-refractivity contribution in [3.05, 3.63) is 24.3 Å². The highest BCUT2D eigenvalue weighted by Crippen LogP contribution is 2.18. The highest BCUT2D eigenvalue weighted by Gasteiger charge is 2.28. The monoisotopic (exact) mass is 506 g/mol. The van der Waals surface area contributed by atoms with Crippen LogP contribution in [0.5, 0.6) is 11.5 Å². The molecule has 1 aromatic carbocycles. The maximum absolute atomic E-state index is 5.93. The van der Waals surface area contributed by atoms with Gasteiger partial charge in [0.15, 0.2) is 5.96 Å². The van der Waals surface area contributed by atoms with Crippen molar-refractivity contribution in [1.29, 1.82) is 0 Å². The first-order valence-corrected chi connectivity index (χ1v) is 9.52. The van der Waals surface area contributed by atoms with Crippen LogP contribution in [0.15, 0.2) is 29.3 Å². The molecule has 0 aliphatic carbocycles. The van der Waals surface area contributed by atoms with Gasteiger partial charge in [0.25, 0.3) is 0 Å². The van der Waals surface area contributed by atoms with E-state index in [0.717, 1.165) is 50.3 Å². The van der Waals surface area contributed by atoms with Crippen molar-refractivity contribution < 1.29 is 14.2 Å². The van der Waals surface area contributed by atoms with Crippen LogP contribution in [0.3, 0.4) is 0 Å². The van der Waals surface area contributed by atoms with E-state index in [4.69, 9.17) is 14.2 Å². The van der Waals surface area contributed by atoms with Gasteiger partial charge in [0, 0.05) is 32.2 Å². The fourth-order valence-electron chi connectivity index (χ4n) is 2.97. The number of aliphatic imine (C=N–C) groups is 1. The summed E-state index contributed by atoms with van der Waals surface area (Å²) in [5, 5.41) is 6.76. The van der Waals surface area contributed by atoms with Crippen molar-refractivity contribution >= 4 is 29.9 Å². The zero-order valence-corrected chi connectivity index (χ0v) is 20.0. The van der Waals surface area contributed by atoms with Crippen LogP contribution in [-0.2, 0) is 4.74 Å². The second kappa shape index (κ2) is 12.3. The first-order valence-electron chi connectivity index (χ1n) is 9.52. The molecule has 1 unspecified atom stereocenters. The molecule has 1 aliphatic rings. The van der Waals surface area contributed by atoms with Crippen LogP contribution in [0.4, 0.5) is 0 Å². The van der Waals surface area contributed by atoms with Crippen LogP contribution in [0.2, 0.25) is 0 Å². The third kappa shape index (κ3) is 8.00. The van der Waals surface area contributed by atoms with Gasteiger partial charge in [-0.3, -0.25) is 9.89 Å². The fraction of sp³-hybridized carbons (Fsp3) is 0.650. The number of ether oxygens (including phenoxy) is 3. The van der Waals surface area contributed by atoms with E-state index in [1.54, 1.807) is 14.2 Å². The molecule has 0 amide bonds. The summed E-state index contributed by atoms with van der Waals surface area (Å²) in [6.07, 6.45) is 0.00389. The number of rotatable bonds is 8. The molecule has 1 aliphatic heterocycles. The Morgan fingerprint density at radius 1 is 1.18 bits per heavy atom. The van der Waals surface area contributed by atoms with Crippen LogP contribution < -0.4 is 20.1 Å². The number of halogens is 1. The van der Waals surface area contributed by atoms with Crippen LogP contribution >= 0.6 is 24.0 Å². The summed E-state index contributed by atoms with van der Waals surface area (Å²) >= 11 is 0. The predicted octanol–water partition coefficient (Wildman–Crippen LogP) is 2.36. The van der Waals surface area contributed by atoms with Gasteiger partial charge in [-0.05, 0) is 45.0 Å². The third-order valence-corrected chi connectivity index (χ3v) is 4.73. The highest BCUT2D eigenvalue weighted by molar-refractivity contribution is 14.0. The number of nitrogens with zero attached hydrogens (tertiary/aromatic N) is 2. The lowest BCUT2D eigenvalue weighted by Crippen LogP contribution is -2.56. The molecule has 0 aromatic heterocycles. The zero-order valence-electron chi connectivity index (χ0n) is 17.7. The first-order chi connectivity index (χ1) is 12.9. The quantitative estimate of drug-likeness (QED) is 0.321. The fourth-order valence-corrected chi connectivity index (χ4v) is 2.97. The molecule has 2 N–H and O–H groups in total. The van der Waals surface area contributed by atoms with Gasteiger partial charge in [-0.25, -0.2) is 0 Å². The molecule has 0 spiro atoms. The van der Waals surface area contributed by atoms with Gasteiger partial charge in [-0.15, -0.1) is 24.0 Å². The standard InChI is InChI=1S/C20H34N4O3.HI/c1-16(27-18-8-6-17(25-5)7-9-18)14-22-19(21-4)23-15-20(2,3)24-10-12-26-13-11-24;/h6-9,16H,10-15H2,1-5H3,(H2,21,22,23);1H. The molecule has 0 bridgehead atoms. The molecule has 0 radical (unpaired) electrons. The summed E-state index contributed by atoms with van der Waals surface area (Å²) in [6.45, 7) is 11.5. The second-order valence-electron chi connectivity index (χ2n) is 7.32. The molecule has 160 valence electrons. The maximum Gasteiger partial charge on any atom is 0.191 e. The van der Waals surface area contributed by atoms with Gasteiger partial charge in [0.05, 0.1) is 26.9 Å². The lowest BCUT2D eigenvalue weighted by atomic mass is 10.0. The minimum Gasteiger partial charge on any atom is -0.497 e. The molecule has 1 fully saturated rings. The summed E-state index contributed by atoms with van der Waals surface area (Å²) in [4.78, 5) is 6.77. The normalized spacial score (nSPS) is 16.7. The van der Waals surface area contributed by atoms with E-state index in [9.17, 15) is 0 Å². The van der Waals surface area contributed by atoms with Gasteiger partial charge < -0.3 is 24.8 Å². The average Bonchev–Trinajstić information content (AvgIpc) is 2.69. The Morgan fingerprint density at radius 3 is 2.36 bits per heavy atom. The van der Waals surface area contributed by atoms with E-state index in [-0.39, 0.29) is 35.6 Å². The minimum atomic E-state index is 0. The van der Waals surface area contributed by atoms with Gasteiger partial charge >= 0.3 is 0 Å². The van der Waals surface area contributed by atoms with E-state index >= 15 is 0 Å². The minimum absolute atomic E-state index is 0. The summed E-state index contributed by atoms with van der Waals surface area (Å²) in [6, 6.07) is 7.61. The highest BCUT2D eigenvalue weighted by atomic mass is 127. The van der Waals surface area contributed by atoms with Crippen molar-refractivity contribution in [3.63, 3.8) is 0 Å². The maximum atomic E-state index is 5.93. The molecule has 0 saturated carbocycles. The summed E-state index contributed by atoms with van der Waals surface area (Å²) in [5.41, 5.74) is 0.0343. The first kappa shape index (κ1) is 24.8. The van der Waals surface area contributed by atoms with E-state index in [1.165, 1.54) is 0 Å². The number of nitrogens with one attached hydrogen (secondary N) is 2. The van der Waals surface area contributed by atoms with Crippen LogP contribution in [0.1, 0.15) is 20.8 Å². The van der Waals surface area contributed by atoms with Crippen molar-refractivity contribution in [2.24, 2.45) is 4.99 Å². The Kier molecular flexibility index (Phi) is 10.9. The number of hydrogen-bond acceptors (Lipinski definition) is 5. The Bertz CT molecular complexity index is 590. The third-order valence-electron chi connectivity index (χ3n) is 4.73. The summed E-state index contributed by atoms with van der Waals surface area (Å²) in [5.74, 6) is 2.42. The van der Waals surface area contributed by atoms with Crippen molar-refractivity contribution in [1.82, 2.24) is 15.5 Å². The van der Waals surface area contributed by atoms with Crippen LogP contribution in [0, 0.1) is 0 Å². The van der Waals surface area contributed by atoms with E-state index < -0.39 is 0 Å². The van der Waals surface area contributed by atoms with Crippen LogP contribution in [0.25, 0.3) is 0 Å². The topological polar surface area (TPSA) is 67.4 Å². The Hall–Kier alpha value is -1.26. The van der Waals surface area contributed by atoms with E-state index in [0.29, 0.717) is 6.54 Å². The number of guanidine groups is 1. The number of morpholine rings is 1. The lowest BCUT2D eigenvalue weighted by Gasteiger charge is -2.41. The largest absolute Gasteiger partial charge is 0.497 e. The molecule has 8 heteroatoms. The Labute approximate surface area is 186 Å². The predicted molar refractivity (Wildman–Crippen MR) is 124 cm³/mol. The van der Waals surface area contributed by atoms with Gasteiger partial charge in [0.1, 0.15) is 17.6 Å². The van der Waals surface area contributed by atoms with E-state index in [2.05, 4.69) is 34.4 Å². The molecule has 7 nitrogen and oxygen atoms in total. The number of benzene rings is 1. The van der Waals surface area contributed by atoms with Gasteiger partial charge in [0.2, 0.25) is 0 Å². The molecule has 28 heavy (non-hydrogen) atoms. The number of hydrogen-bond donors (Lipinski definition) is 2. The molecule has 1 heterocycles. The van der Waals surface area contributed by atoms with E-state index in [1.807, 2.05) is 31.2 Å². The lowest BCUT2D eigenvalue weighted by molar-refractivity contribution is -0.00834. The Morgan fingerprint density at radius 2 is 1.79 bits per heavy atom. The SMILES string of the molecule is CN=C(NCC(C)Oc1ccc(OC)cc1)NCC(C)(C)N1CCOCC1.I. The molecular formula is C20H35IN4O3. The van der Waals surface area contributed by atoms with Crippen LogP contribution in [-0.4, -0.2) is 76.1 Å². The summed E-state index contributed by atoms with van der Waals surface area (Å²) < 4.78 is 16.5. The van der Waals surface area contributed by atoms with Gasteiger partial charge in [-0.2, -0.15) is 0 Å². The molecule has 2 rings (SSSR count). The Balaban J connectivity index is 0.00000392. The molecule has 1 saturated heterocycles. The number of methoxy groups -OCH3 is 1. The van der Waals surface area contributed by atoms with Gasteiger partial charge in [-0.1, -0.05) is 0 Å².